The maximum absolute atomic E-state index is 13.4. The van der Waals surface area contributed by atoms with Crippen molar-refractivity contribution in [3.05, 3.63) is 47.8 Å². The van der Waals surface area contributed by atoms with Crippen LogP contribution in [0.2, 0.25) is 0 Å². The Hall–Kier alpha value is -2.04. The largest absolute Gasteiger partial charge is 0.298 e. The van der Waals surface area contributed by atoms with Gasteiger partial charge in [-0.25, -0.2) is 9.07 Å². The molecule has 15 heavy (non-hydrogen) atoms. The third-order valence-electron chi connectivity index (χ3n) is 1.92. The Morgan fingerprint density at radius 3 is 2.73 bits per heavy atom. The van der Waals surface area contributed by atoms with Crippen molar-refractivity contribution in [2.45, 2.75) is 0 Å². The first kappa shape index (κ1) is 9.51. The van der Waals surface area contributed by atoms with Gasteiger partial charge in [-0.3, -0.25) is 4.79 Å². The second kappa shape index (κ2) is 3.61. The fourth-order valence-corrected chi connectivity index (χ4v) is 1.21. The lowest BCUT2D eigenvalue weighted by Gasteiger charge is -2.01. The number of hydrogen-bond donors (Lipinski definition) is 0. The van der Waals surface area contributed by atoms with E-state index < -0.39 is 11.8 Å². The molecule has 0 saturated carbocycles. The predicted octanol–water partition coefficient (Wildman–Crippen LogP) is 1.96. The van der Waals surface area contributed by atoms with Gasteiger partial charge in [0, 0.05) is 0 Å². The van der Waals surface area contributed by atoms with E-state index in [1.54, 1.807) is 0 Å². The number of benzene rings is 1. The molecule has 0 saturated heterocycles. The van der Waals surface area contributed by atoms with Crippen LogP contribution in [0.5, 0.6) is 0 Å². The van der Waals surface area contributed by atoms with Gasteiger partial charge in [0.05, 0.1) is 17.4 Å². The van der Waals surface area contributed by atoms with Crippen molar-refractivity contribution < 1.29 is 13.6 Å². The van der Waals surface area contributed by atoms with Crippen LogP contribution in [-0.2, 0) is 0 Å². The lowest BCUT2D eigenvalue weighted by Crippen LogP contribution is -2.00. The van der Waals surface area contributed by atoms with Crippen LogP contribution >= 0.6 is 0 Å². The standard InChI is InChI=1S/C10H6F2N2O/c11-8-2-1-3-9(4-8)14-10(12)7(6-15)5-13-14/h1-6H. The maximum atomic E-state index is 13.4. The Morgan fingerprint density at radius 1 is 1.33 bits per heavy atom. The molecule has 0 spiro atoms. The highest BCUT2D eigenvalue weighted by molar-refractivity contribution is 5.74. The van der Waals surface area contributed by atoms with Gasteiger partial charge in [0.25, 0.3) is 0 Å². The van der Waals surface area contributed by atoms with Gasteiger partial charge in [-0.1, -0.05) is 6.07 Å². The van der Waals surface area contributed by atoms with Gasteiger partial charge >= 0.3 is 0 Å². The van der Waals surface area contributed by atoms with E-state index in [-0.39, 0.29) is 11.3 Å². The lowest BCUT2D eigenvalue weighted by atomic mass is 10.3. The zero-order chi connectivity index (χ0) is 10.8. The van der Waals surface area contributed by atoms with E-state index in [1.807, 2.05) is 0 Å². The molecule has 0 aliphatic heterocycles. The van der Waals surface area contributed by atoms with Crippen LogP contribution < -0.4 is 0 Å². The monoisotopic (exact) mass is 208 g/mol. The summed E-state index contributed by atoms with van der Waals surface area (Å²) >= 11 is 0. The highest BCUT2D eigenvalue weighted by Crippen LogP contribution is 2.13. The van der Waals surface area contributed by atoms with Crippen LogP contribution in [0, 0.1) is 11.8 Å². The van der Waals surface area contributed by atoms with Gasteiger partial charge in [-0.05, 0) is 18.2 Å². The van der Waals surface area contributed by atoms with E-state index in [1.165, 1.54) is 18.2 Å². The van der Waals surface area contributed by atoms with E-state index in [0.29, 0.717) is 6.29 Å². The van der Waals surface area contributed by atoms with Gasteiger partial charge < -0.3 is 0 Å². The summed E-state index contributed by atoms with van der Waals surface area (Å²) in [5.41, 5.74) is 0.0832. The van der Waals surface area contributed by atoms with Crippen LogP contribution in [0.25, 0.3) is 5.69 Å². The third kappa shape index (κ3) is 1.63. The Bertz CT molecular complexity index is 508. The summed E-state index contributed by atoms with van der Waals surface area (Å²) in [6.07, 6.45) is 1.45. The van der Waals surface area contributed by atoms with Crippen molar-refractivity contribution in [3.8, 4) is 5.69 Å². The van der Waals surface area contributed by atoms with Crippen molar-refractivity contribution in [1.29, 1.82) is 0 Å². The Morgan fingerprint density at radius 2 is 2.13 bits per heavy atom. The molecule has 0 aliphatic rings. The minimum atomic E-state index is -0.796. The van der Waals surface area contributed by atoms with Gasteiger partial charge in [0.2, 0.25) is 5.95 Å². The summed E-state index contributed by atoms with van der Waals surface area (Å²) in [4.78, 5) is 10.4. The molecule has 0 atom stereocenters. The molecule has 0 aliphatic carbocycles. The number of carbonyl (C=O) groups is 1. The fourth-order valence-electron chi connectivity index (χ4n) is 1.21. The van der Waals surface area contributed by atoms with E-state index in [2.05, 4.69) is 5.10 Å². The van der Waals surface area contributed by atoms with Gasteiger partial charge in [0.1, 0.15) is 5.82 Å². The van der Waals surface area contributed by atoms with Crippen LogP contribution in [0.4, 0.5) is 8.78 Å². The van der Waals surface area contributed by atoms with Crippen molar-refractivity contribution in [2.24, 2.45) is 0 Å². The summed E-state index contributed by atoms with van der Waals surface area (Å²) in [7, 11) is 0. The van der Waals surface area contributed by atoms with Crippen molar-refractivity contribution in [1.82, 2.24) is 9.78 Å². The first-order valence-electron chi connectivity index (χ1n) is 4.17. The summed E-state index contributed by atoms with van der Waals surface area (Å²) in [5, 5.41) is 3.64. The van der Waals surface area contributed by atoms with E-state index in [4.69, 9.17) is 0 Å². The van der Waals surface area contributed by atoms with Crippen molar-refractivity contribution in [3.63, 3.8) is 0 Å². The molecule has 2 rings (SSSR count). The Balaban J connectivity index is 2.54. The first-order chi connectivity index (χ1) is 7.22. The SMILES string of the molecule is O=Cc1cnn(-c2cccc(F)c2)c1F. The fraction of sp³-hybridized carbons (Fsp3) is 0. The molecular formula is C10H6F2N2O. The molecule has 0 radical (unpaired) electrons. The molecule has 2 aromatic rings. The summed E-state index contributed by atoms with van der Waals surface area (Å²) < 4.78 is 27.1. The van der Waals surface area contributed by atoms with Gasteiger partial charge in [0.15, 0.2) is 6.29 Å². The Labute approximate surface area is 84.0 Å². The normalized spacial score (nSPS) is 10.3. The van der Waals surface area contributed by atoms with Crippen molar-refractivity contribution in [2.75, 3.05) is 0 Å². The molecule has 76 valence electrons. The number of rotatable bonds is 2. The quantitative estimate of drug-likeness (QED) is 0.707. The number of nitrogens with zero attached hydrogens (tertiary/aromatic N) is 2. The highest BCUT2D eigenvalue weighted by atomic mass is 19.1. The number of halogens is 2. The van der Waals surface area contributed by atoms with Gasteiger partial charge in [-0.15, -0.1) is 0 Å². The molecule has 3 nitrogen and oxygen atoms in total. The second-order valence-corrected chi connectivity index (χ2v) is 2.90. The highest BCUT2D eigenvalue weighted by Gasteiger charge is 2.10. The molecule has 0 fully saturated rings. The molecule has 0 unspecified atom stereocenters. The molecule has 5 heteroatoms. The third-order valence-corrected chi connectivity index (χ3v) is 1.92. The second-order valence-electron chi connectivity index (χ2n) is 2.90. The molecule has 0 amide bonds. The summed E-state index contributed by atoms with van der Waals surface area (Å²) in [6.45, 7) is 0. The number of aldehydes is 1. The Kier molecular flexibility index (Phi) is 2.29. The maximum Gasteiger partial charge on any atom is 0.226 e. The van der Waals surface area contributed by atoms with Crippen molar-refractivity contribution >= 4 is 6.29 Å². The predicted molar refractivity (Wildman–Crippen MR) is 48.9 cm³/mol. The topological polar surface area (TPSA) is 34.9 Å². The van der Waals surface area contributed by atoms with Gasteiger partial charge in [-0.2, -0.15) is 9.49 Å². The zero-order valence-corrected chi connectivity index (χ0v) is 7.52. The minimum absolute atomic E-state index is 0.153. The average molecular weight is 208 g/mol. The molecule has 1 aromatic carbocycles. The number of hydrogen-bond acceptors (Lipinski definition) is 2. The lowest BCUT2D eigenvalue weighted by molar-refractivity contribution is 0.111. The van der Waals surface area contributed by atoms with E-state index in [9.17, 15) is 13.6 Å². The van der Waals surface area contributed by atoms with Crippen LogP contribution in [0.15, 0.2) is 30.5 Å². The molecule has 0 bridgehead atoms. The zero-order valence-electron chi connectivity index (χ0n) is 7.52. The average Bonchev–Trinajstić information content (AvgIpc) is 2.59. The smallest absolute Gasteiger partial charge is 0.226 e. The van der Waals surface area contributed by atoms with Crippen LogP contribution in [-0.4, -0.2) is 16.1 Å². The summed E-state index contributed by atoms with van der Waals surface area (Å²) in [5.74, 6) is -1.29. The van der Waals surface area contributed by atoms with E-state index >= 15 is 0 Å². The molecule has 1 aromatic heterocycles. The van der Waals surface area contributed by atoms with Crippen LogP contribution in [0.1, 0.15) is 10.4 Å². The minimum Gasteiger partial charge on any atom is -0.298 e. The number of carbonyl (C=O) groups excluding carboxylic acids is 1. The van der Waals surface area contributed by atoms with Crippen LogP contribution in [0.3, 0.4) is 0 Å². The number of aromatic nitrogens is 2. The molecule has 0 N–H and O–H groups in total. The molecule has 1 heterocycles. The molecular weight excluding hydrogens is 202 g/mol. The van der Waals surface area contributed by atoms with E-state index in [0.717, 1.165) is 16.9 Å². The first-order valence-corrected chi connectivity index (χ1v) is 4.17. The summed E-state index contributed by atoms with van der Waals surface area (Å²) in [6, 6.07) is 5.30.